The van der Waals surface area contributed by atoms with Gasteiger partial charge in [0.1, 0.15) is 11.4 Å². The maximum absolute atomic E-state index is 13.2. The van der Waals surface area contributed by atoms with Gasteiger partial charge in [-0.25, -0.2) is 8.42 Å². The van der Waals surface area contributed by atoms with Crippen LogP contribution in [0.2, 0.25) is 5.02 Å². The number of nitrogens with zero attached hydrogens (tertiary/aromatic N) is 2. The number of halogens is 2. The highest BCUT2D eigenvalue weighted by Gasteiger charge is 2.35. The third kappa shape index (κ3) is 3.97. The monoisotopic (exact) mass is 427 g/mol. The summed E-state index contributed by atoms with van der Waals surface area (Å²) in [6.07, 6.45) is 0. The summed E-state index contributed by atoms with van der Waals surface area (Å²) in [6.45, 7) is 1.50. The lowest BCUT2D eigenvalue weighted by atomic mass is 10.1. The molecule has 0 radical (unpaired) electrons. The number of aromatic nitrogens is 1. The first-order chi connectivity index (χ1) is 12.6. The lowest BCUT2D eigenvalue weighted by Crippen LogP contribution is -2.49. The first-order valence-electron chi connectivity index (χ1n) is 8.34. The smallest absolute Gasteiger partial charge is 0.220 e. The molecule has 4 rings (SSSR count). The molecule has 0 amide bonds. The topological polar surface area (TPSA) is 75.4 Å². The van der Waals surface area contributed by atoms with Crippen LogP contribution in [0.5, 0.6) is 0 Å². The molecule has 1 N–H and O–H groups in total. The van der Waals surface area contributed by atoms with Crippen LogP contribution in [0.3, 0.4) is 0 Å². The van der Waals surface area contributed by atoms with E-state index in [1.54, 1.807) is 12.1 Å². The van der Waals surface area contributed by atoms with Gasteiger partial charge >= 0.3 is 0 Å². The van der Waals surface area contributed by atoms with Crippen molar-refractivity contribution in [3.63, 3.8) is 0 Å². The van der Waals surface area contributed by atoms with Crippen LogP contribution in [0, 0.1) is 0 Å². The number of sulfonamides is 1. The van der Waals surface area contributed by atoms with Gasteiger partial charge in [-0.3, -0.25) is 0 Å². The summed E-state index contributed by atoms with van der Waals surface area (Å²) >= 11 is 6.32. The maximum Gasteiger partial charge on any atom is 0.220 e. The third-order valence-corrected chi connectivity index (χ3v) is 6.72. The van der Waals surface area contributed by atoms with Crippen LogP contribution in [0.25, 0.3) is 11.0 Å². The van der Waals surface area contributed by atoms with E-state index in [9.17, 15) is 8.42 Å². The van der Waals surface area contributed by atoms with Crippen LogP contribution in [-0.4, -0.2) is 37.5 Å². The van der Waals surface area contributed by atoms with Crippen molar-refractivity contribution in [3.8, 4) is 0 Å². The van der Waals surface area contributed by atoms with Crippen LogP contribution in [-0.2, 0) is 15.8 Å². The summed E-state index contributed by atoms with van der Waals surface area (Å²) in [6, 6.07) is 14.3. The van der Waals surface area contributed by atoms with E-state index < -0.39 is 10.0 Å². The van der Waals surface area contributed by atoms with Crippen molar-refractivity contribution < 1.29 is 12.9 Å². The standard InChI is InChI=1S/C18H18ClN3O3S.ClH/c19-15-7-3-1-5-13(15)17-11-20-9-10-22(17)26(23,24)12-16-14-6-2-4-8-18(14)25-21-16;/h1-8,17,20H,9-12H2;1H. The summed E-state index contributed by atoms with van der Waals surface area (Å²) in [4.78, 5) is 0. The van der Waals surface area contributed by atoms with Gasteiger partial charge in [-0.2, -0.15) is 4.31 Å². The number of para-hydroxylation sites is 1. The van der Waals surface area contributed by atoms with Gasteiger partial charge in [0.05, 0.1) is 6.04 Å². The number of fused-ring (bicyclic) bond motifs is 1. The molecule has 1 aliphatic rings. The van der Waals surface area contributed by atoms with Crippen molar-refractivity contribution in [1.29, 1.82) is 0 Å². The molecule has 3 aromatic rings. The lowest BCUT2D eigenvalue weighted by molar-refractivity contribution is 0.271. The first-order valence-corrected chi connectivity index (χ1v) is 10.3. The summed E-state index contributed by atoms with van der Waals surface area (Å²) in [5, 5.41) is 8.51. The second-order valence-electron chi connectivity index (χ2n) is 6.23. The molecular formula is C18H19Cl2N3O3S. The molecule has 1 fully saturated rings. The van der Waals surface area contributed by atoms with Crippen molar-refractivity contribution >= 4 is 45.0 Å². The highest BCUT2D eigenvalue weighted by Crippen LogP contribution is 2.32. The fourth-order valence-electron chi connectivity index (χ4n) is 3.33. The fraction of sp³-hybridized carbons (Fsp3) is 0.278. The number of hydrogen-bond donors (Lipinski definition) is 1. The Morgan fingerprint density at radius 1 is 1.19 bits per heavy atom. The Balaban J connectivity index is 0.00000210. The SMILES string of the molecule is Cl.O=S(=O)(Cc1noc2ccccc12)N1CCNCC1c1ccccc1Cl. The highest BCUT2D eigenvalue weighted by atomic mass is 35.5. The summed E-state index contributed by atoms with van der Waals surface area (Å²) < 4.78 is 33.1. The van der Waals surface area contributed by atoms with E-state index in [1.165, 1.54) is 4.31 Å². The van der Waals surface area contributed by atoms with E-state index in [0.717, 1.165) is 10.9 Å². The van der Waals surface area contributed by atoms with Crippen LogP contribution >= 0.6 is 24.0 Å². The van der Waals surface area contributed by atoms with Gasteiger partial charge in [-0.15, -0.1) is 12.4 Å². The molecule has 6 nitrogen and oxygen atoms in total. The number of benzene rings is 2. The molecule has 0 bridgehead atoms. The molecule has 144 valence electrons. The van der Waals surface area contributed by atoms with Crippen molar-refractivity contribution in [2.24, 2.45) is 0 Å². The summed E-state index contributed by atoms with van der Waals surface area (Å²) in [7, 11) is -3.60. The Bertz CT molecular complexity index is 1040. The zero-order valence-electron chi connectivity index (χ0n) is 14.3. The molecule has 1 atom stereocenters. The minimum Gasteiger partial charge on any atom is -0.356 e. The quantitative estimate of drug-likeness (QED) is 0.690. The Kier molecular flexibility index (Phi) is 6.08. The van der Waals surface area contributed by atoms with E-state index in [4.69, 9.17) is 16.1 Å². The molecule has 0 saturated carbocycles. The van der Waals surface area contributed by atoms with Crippen LogP contribution in [0.4, 0.5) is 0 Å². The number of rotatable bonds is 4. The number of nitrogens with one attached hydrogen (secondary N) is 1. The van der Waals surface area contributed by atoms with Gasteiger partial charge in [0.2, 0.25) is 10.0 Å². The minimum absolute atomic E-state index is 0. The number of hydrogen-bond acceptors (Lipinski definition) is 5. The number of piperazine rings is 1. The van der Waals surface area contributed by atoms with E-state index in [0.29, 0.717) is 35.9 Å². The molecule has 9 heteroatoms. The van der Waals surface area contributed by atoms with E-state index in [1.807, 2.05) is 36.4 Å². The van der Waals surface area contributed by atoms with Gasteiger partial charge < -0.3 is 9.84 Å². The van der Waals surface area contributed by atoms with Crippen molar-refractivity contribution in [3.05, 3.63) is 64.8 Å². The molecular weight excluding hydrogens is 409 g/mol. The molecule has 1 unspecified atom stereocenters. The van der Waals surface area contributed by atoms with E-state index in [2.05, 4.69) is 10.5 Å². The van der Waals surface area contributed by atoms with Crippen LogP contribution in [0.15, 0.2) is 53.1 Å². The molecule has 0 spiro atoms. The molecule has 1 aromatic heterocycles. The van der Waals surface area contributed by atoms with Gasteiger partial charge in [0.25, 0.3) is 0 Å². The average molecular weight is 428 g/mol. The zero-order valence-corrected chi connectivity index (χ0v) is 16.7. The van der Waals surface area contributed by atoms with Gasteiger partial charge in [0, 0.05) is 30.0 Å². The summed E-state index contributed by atoms with van der Waals surface area (Å²) in [5.74, 6) is -0.203. The average Bonchev–Trinajstić information content (AvgIpc) is 3.05. The van der Waals surface area contributed by atoms with Crippen molar-refractivity contribution in [1.82, 2.24) is 14.8 Å². The zero-order chi connectivity index (χ0) is 18.1. The van der Waals surface area contributed by atoms with Gasteiger partial charge in [-0.1, -0.05) is 47.1 Å². The predicted molar refractivity (Wildman–Crippen MR) is 108 cm³/mol. The molecule has 2 heterocycles. The second kappa shape index (κ2) is 8.16. The third-order valence-electron chi connectivity index (χ3n) is 4.59. The Morgan fingerprint density at radius 2 is 1.93 bits per heavy atom. The Labute approximate surface area is 168 Å². The molecule has 1 aliphatic heterocycles. The lowest BCUT2D eigenvalue weighted by Gasteiger charge is -2.35. The summed E-state index contributed by atoms with van der Waals surface area (Å²) in [5.41, 5.74) is 1.81. The van der Waals surface area contributed by atoms with E-state index in [-0.39, 0.29) is 24.2 Å². The molecule has 1 saturated heterocycles. The van der Waals surface area contributed by atoms with Gasteiger partial charge in [-0.05, 0) is 23.8 Å². The van der Waals surface area contributed by atoms with Crippen LogP contribution < -0.4 is 5.32 Å². The normalized spacial score (nSPS) is 18.3. The largest absolute Gasteiger partial charge is 0.356 e. The highest BCUT2D eigenvalue weighted by molar-refractivity contribution is 7.88. The molecule has 0 aliphatic carbocycles. The second-order valence-corrected chi connectivity index (χ2v) is 8.56. The molecule has 2 aromatic carbocycles. The predicted octanol–water partition coefficient (Wildman–Crippen LogP) is 3.38. The fourth-order valence-corrected chi connectivity index (χ4v) is 5.25. The van der Waals surface area contributed by atoms with Crippen molar-refractivity contribution in [2.45, 2.75) is 11.8 Å². The Hall–Kier alpha value is -1.64. The van der Waals surface area contributed by atoms with E-state index >= 15 is 0 Å². The maximum atomic E-state index is 13.2. The van der Waals surface area contributed by atoms with Gasteiger partial charge in [0.15, 0.2) is 5.58 Å². The van der Waals surface area contributed by atoms with Crippen molar-refractivity contribution in [2.75, 3.05) is 19.6 Å². The Morgan fingerprint density at radius 3 is 2.74 bits per heavy atom. The van der Waals surface area contributed by atoms with Crippen LogP contribution in [0.1, 0.15) is 17.3 Å². The minimum atomic E-state index is -3.60. The molecule has 27 heavy (non-hydrogen) atoms. The first kappa shape index (κ1) is 20.1.